The van der Waals surface area contributed by atoms with E-state index in [0.29, 0.717) is 19.3 Å². The number of thioether (sulfide) groups is 1. The zero-order chi connectivity index (χ0) is 22.4. The van der Waals surface area contributed by atoms with Crippen molar-refractivity contribution in [3.05, 3.63) is 0 Å². The Labute approximate surface area is 186 Å². The fraction of sp³-hybridized carbons (Fsp3) is 1.00. The van der Waals surface area contributed by atoms with Crippen LogP contribution in [0.25, 0.3) is 0 Å². The Morgan fingerprint density at radius 1 is 0.897 bits per heavy atom. The van der Waals surface area contributed by atoms with Crippen molar-refractivity contribution in [3.8, 4) is 0 Å². The molecule has 0 saturated carbocycles. The lowest BCUT2D eigenvalue weighted by Crippen LogP contribution is -2.62. The van der Waals surface area contributed by atoms with E-state index in [2.05, 4.69) is 37.5 Å². The average Bonchev–Trinajstić information content (AvgIpc) is 2.71. The molecule has 0 radical (unpaired) electrons. The first-order chi connectivity index (χ1) is 13.8. The smallest absolute Gasteiger partial charge is 0.395 e. The van der Waals surface area contributed by atoms with Gasteiger partial charge in [-0.25, -0.2) is 0 Å². The number of rotatable bonds is 19. The Morgan fingerprint density at radius 2 is 1.41 bits per heavy atom. The first-order valence-electron chi connectivity index (χ1n) is 10.9. The quantitative estimate of drug-likeness (QED) is 0.174. The molecule has 0 rings (SSSR count). The van der Waals surface area contributed by atoms with Gasteiger partial charge in [0.1, 0.15) is 4.99 Å². The van der Waals surface area contributed by atoms with Gasteiger partial charge in [0.15, 0.2) is 0 Å². The lowest BCUT2D eigenvalue weighted by molar-refractivity contribution is 0.0910. The number of nitrogens with one attached hydrogen (secondary N) is 1. The summed E-state index contributed by atoms with van der Waals surface area (Å²) < 4.78 is 29.3. The van der Waals surface area contributed by atoms with Crippen molar-refractivity contribution in [3.63, 3.8) is 0 Å². The van der Waals surface area contributed by atoms with Crippen LogP contribution in [0.5, 0.6) is 0 Å². The molecule has 0 bridgehead atoms. The summed E-state index contributed by atoms with van der Waals surface area (Å²) in [5, 5.41) is 3.85. The summed E-state index contributed by atoms with van der Waals surface area (Å²) in [6, 6.07) is 1.64. The second-order valence-corrected chi connectivity index (χ2v) is 14.7. The van der Waals surface area contributed by atoms with Crippen molar-refractivity contribution < 1.29 is 22.1 Å². The minimum absolute atomic E-state index is 0.304. The van der Waals surface area contributed by atoms with Crippen LogP contribution in [0.2, 0.25) is 18.6 Å². The first kappa shape index (κ1) is 29.5. The third kappa shape index (κ3) is 9.26. The zero-order valence-corrected chi connectivity index (χ0v) is 23.1. The summed E-state index contributed by atoms with van der Waals surface area (Å²) in [6.45, 7) is 17.0. The average molecular weight is 471 g/mol. The summed E-state index contributed by atoms with van der Waals surface area (Å²) in [5.41, 5.74) is 0. The maximum atomic E-state index is 5.99. The molecule has 176 valence electrons. The van der Waals surface area contributed by atoms with Gasteiger partial charge in [-0.15, -0.1) is 11.8 Å². The van der Waals surface area contributed by atoms with Crippen molar-refractivity contribution >= 4 is 29.1 Å². The van der Waals surface area contributed by atoms with Crippen LogP contribution < -0.4 is 5.32 Å². The van der Waals surface area contributed by atoms with Crippen LogP contribution in [0, 0.1) is 0 Å². The topological polar surface area (TPSA) is 61.4 Å². The highest BCUT2D eigenvalue weighted by molar-refractivity contribution is 8.00. The van der Waals surface area contributed by atoms with Gasteiger partial charge in [0.2, 0.25) is 0 Å². The predicted octanol–water partition coefficient (Wildman–Crippen LogP) is 3.74. The molecule has 0 fully saturated rings. The molecule has 0 saturated heterocycles. The Balaban J connectivity index is 5.43. The molecule has 0 heterocycles. The Kier molecular flexibility index (Phi) is 15.6. The summed E-state index contributed by atoms with van der Waals surface area (Å²) >= 11 is 1.89. The fourth-order valence-electron chi connectivity index (χ4n) is 3.70. The van der Waals surface area contributed by atoms with E-state index in [1.54, 1.807) is 21.3 Å². The molecule has 1 unspecified atom stereocenters. The SMILES string of the molecule is CCO[Si](C)(CCCNC(C[Si](OC)(OC)OC)(SCC)N(CC)CC)OCC. The maximum Gasteiger partial charge on any atom is 0.504 e. The van der Waals surface area contributed by atoms with Crippen molar-refractivity contribution in [1.29, 1.82) is 0 Å². The molecular weight excluding hydrogens is 424 g/mol. The molecule has 0 aromatic carbocycles. The third-order valence-corrected chi connectivity index (χ3v) is 12.6. The molecule has 0 aliphatic carbocycles. The molecule has 10 heteroatoms. The maximum absolute atomic E-state index is 5.99. The Morgan fingerprint density at radius 3 is 1.79 bits per heavy atom. The van der Waals surface area contributed by atoms with E-state index in [1.807, 2.05) is 25.6 Å². The number of nitrogens with zero attached hydrogens (tertiary/aromatic N) is 1. The van der Waals surface area contributed by atoms with Crippen LogP contribution in [0.1, 0.15) is 41.0 Å². The van der Waals surface area contributed by atoms with Crippen LogP contribution in [0.15, 0.2) is 0 Å². The van der Waals surface area contributed by atoms with Crippen molar-refractivity contribution in [1.82, 2.24) is 10.2 Å². The summed E-state index contributed by atoms with van der Waals surface area (Å²) in [4.78, 5) is 2.14. The second-order valence-electron chi connectivity index (χ2n) is 6.89. The highest BCUT2D eigenvalue weighted by Crippen LogP contribution is 2.36. The third-order valence-electron chi connectivity index (χ3n) is 5.15. The van der Waals surface area contributed by atoms with Crippen LogP contribution in [-0.2, 0) is 22.1 Å². The van der Waals surface area contributed by atoms with Gasteiger partial charge >= 0.3 is 17.4 Å². The molecule has 0 spiro atoms. The Hall–Kier alpha value is 0.504. The number of hydrogen-bond donors (Lipinski definition) is 1. The second kappa shape index (κ2) is 15.3. The van der Waals surface area contributed by atoms with Crippen molar-refractivity contribution in [2.45, 2.75) is 64.7 Å². The van der Waals surface area contributed by atoms with E-state index in [-0.39, 0.29) is 4.99 Å². The van der Waals surface area contributed by atoms with Gasteiger partial charge in [-0.3, -0.25) is 10.2 Å². The largest absolute Gasteiger partial charge is 0.504 e. The molecule has 7 nitrogen and oxygen atoms in total. The van der Waals surface area contributed by atoms with Crippen molar-refractivity contribution in [2.24, 2.45) is 0 Å². The van der Waals surface area contributed by atoms with Gasteiger partial charge in [-0.1, -0.05) is 20.8 Å². The highest BCUT2D eigenvalue weighted by Gasteiger charge is 2.50. The lowest BCUT2D eigenvalue weighted by Gasteiger charge is -2.46. The molecular formula is C19H46N2O5SSi2. The van der Waals surface area contributed by atoms with E-state index >= 15 is 0 Å². The van der Waals surface area contributed by atoms with Gasteiger partial charge in [0.25, 0.3) is 0 Å². The molecule has 0 aromatic heterocycles. The lowest BCUT2D eigenvalue weighted by atomic mass is 10.3. The first-order valence-corrected chi connectivity index (χ1v) is 16.3. The standard InChI is InChI=1S/C19H46N2O5SSi2/c1-10-21(11-2)19(27-14-5,18-29(22-6,23-7)24-8)20-16-15-17-28(9,25-12-3)26-13-4/h20H,10-18H2,1-9H3. The van der Waals surface area contributed by atoms with Gasteiger partial charge in [-0.2, -0.15) is 0 Å². The van der Waals surface area contributed by atoms with E-state index in [4.69, 9.17) is 22.1 Å². The van der Waals surface area contributed by atoms with Gasteiger partial charge in [0, 0.05) is 34.5 Å². The van der Waals surface area contributed by atoms with Crippen LogP contribution >= 0.6 is 11.8 Å². The van der Waals surface area contributed by atoms with Gasteiger partial charge in [0.05, 0.1) is 6.04 Å². The van der Waals surface area contributed by atoms with Crippen molar-refractivity contribution in [2.75, 3.05) is 59.9 Å². The van der Waals surface area contributed by atoms with Crippen LogP contribution in [-0.4, -0.2) is 87.2 Å². The summed E-state index contributed by atoms with van der Waals surface area (Å²) in [7, 11) is 0.179. The summed E-state index contributed by atoms with van der Waals surface area (Å²) in [5.74, 6) is 0.982. The molecule has 1 N–H and O–H groups in total. The molecule has 1 atom stereocenters. The van der Waals surface area contributed by atoms with E-state index in [1.165, 1.54) is 0 Å². The minimum atomic E-state index is -2.77. The molecule has 0 aliphatic rings. The molecule has 29 heavy (non-hydrogen) atoms. The highest BCUT2D eigenvalue weighted by atomic mass is 32.2. The van der Waals surface area contributed by atoms with Crippen LogP contribution in [0.3, 0.4) is 0 Å². The fourth-order valence-corrected chi connectivity index (χ4v) is 10.0. The van der Waals surface area contributed by atoms with Crippen LogP contribution in [0.4, 0.5) is 0 Å². The van der Waals surface area contributed by atoms with E-state index < -0.39 is 17.4 Å². The molecule has 0 aromatic rings. The summed E-state index contributed by atoms with van der Waals surface area (Å²) in [6.07, 6.45) is 0.998. The van der Waals surface area contributed by atoms with Gasteiger partial charge in [-0.05, 0) is 58.2 Å². The zero-order valence-electron chi connectivity index (χ0n) is 20.3. The minimum Gasteiger partial charge on any atom is -0.395 e. The normalized spacial score (nSPS) is 15.1. The predicted molar refractivity (Wildman–Crippen MR) is 128 cm³/mol. The molecule has 0 amide bonds. The monoisotopic (exact) mass is 470 g/mol. The van der Waals surface area contributed by atoms with E-state index in [0.717, 1.165) is 37.9 Å². The van der Waals surface area contributed by atoms with E-state index in [9.17, 15) is 0 Å². The Bertz CT molecular complexity index is 404. The van der Waals surface area contributed by atoms with Gasteiger partial charge < -0.3 is 22.1 Å². The molecule has 0 aliphatic heterocycles. The number of hydrogen-bond acceptors (Lipinski definition) is 8.